The Morgan fingerprint density at radius 2 is 1.22 bits per heavy atom. The van der Waals surface area contributed by atoms with Crippen molar-refractivity contribution in [3.8, 4) is 0 Å². The van der Waals surface area contributed by atoms with Crippen molar-refractivity contribution < 1.29 is 0 Å². The molecule has 8 rings (SSSR count). The maximum Gasteiger partial charge on any atom is 0.104 e. The van der Waals surface area contributed by atoms with Crippen molar-refractivity contribution in [1.29, 1.82) is 0 Å². The molecule has 41 heavy (non-hydrogen) atoms. The zero-order valence-corrected chi connectivity index (χ0v) is 23.2. The molecule has 0 aromatic heterocycles. The van der Waals surface area contributed by atoms with Gasteiger partial charge < -0.3 is 10.6 Å². The van der Waals surface area contributed by atoms with Gasteiger partial charge in [0.15, 0.2) is 0 Å². The predicted molar refractivity (Wildman–Crippen MR) is 173 cm³/mol. The molecule has 0 bridgehead atoms. The van der Waals surface area contributed by atoms with Gasteiger partial charge in [0.1, 0.15) is 11.5 Å². The molecule has 0 aliphatic carbocycles. The highest BCUT2D eigenvalue weighted by atomic mass is 32.2. The number of anilines is 1. The van der Waals surface area contributed by atoms with Crippen molar-refractivity contribution in [2.45, 2.75) is 22.5 Å². The Morgan fingerprint density at radius 1 is 0.561 bits per heavy atom. The van der Waals surface area contributed by atoms with Gasteiger partial charge in [-0.25, -0.2) is 0 Å². The summed E-state index contributed by atoms with van der Waals surface area (Å²) in [6.07, 6.45) is 2.26. The van der Waals surface area contributed by atoms with E-state index in [0.29, 0.717) is 0 Å². The number of rotatable bonds is 4. The van der Waals surface area contributed by atoms with E-state index in [1.165, 1.54) is 54.4 Å². The second-order valence-electron chi connectivity index (χ2n) is 10.7. The Morgan fingerprint density at radius 3 is 2.00 bits per heavy atom. The SMILES string of the molecule is C1=C(c2ccccc2)NC(c2ccc3ccc4ccc5c(c4c3c2)NC(c2ccccc2)S5)NC1c1ccccc1. The van der Waals surface area contributed by atoms with Gasteiger partial charge in [0.25, 0.3) is 0 Å². The van der Waals surface area contributed by atoms with Crippen molar-refractivity contribution in [2.24, 2.45) is 0 Å². The largest absolute Gasteiger partial charge is 0.368 e. The minimum Gasteiger partial charge on any atom is -0.368 e. The van der Waals surface area contributed by atoms with E-state index in [1.54, 1.807) is 0 Å². The number of thioether (sulfide) groups is 1. The summed E-state index contributed by atoms with van der Waals surface area (Å²) in [5.41, 5.74) is 7.34. The van der Waals surface area contributed by atoms with Crippen molar-refractivity contribution in [3.63, 3.8) is 0 Å². The molecule has 3 nitrogen and oxygen atoms in total. The monoisotopic (exact) mass is 547 g/mol. The van der Waals surface area contributed by atoms with Crippen LogP contribution in [0.25, 0.3) is 27.2 Å². The van der Waals surface area contributed by atoms with Crippen LogP contribution < -0.4 is 16.0 Å². The number of hydrogen-bond donors (Lipinski definition) is 3. The van der Waals surface area contributed by atoms with E-state index in [2.05, 4.69) is 155 Å². The highest BCUT2D eigenvalue weighted by Gasteiger charge is 2.27. The van der Waals surface area contributed by atoms with Crippen LogP contribution in [0.4, 0.5) is 5.69 Å². The van der Waals surface area contributed by atoms with E-state index in [0.717, 1.165) is 5.70 Å². The average molecular weight is 548 g/mol. The predicted octanol–water partition coefficient (Wildman–Crippen LogP) is 9.18. The average Bonchev–Trinajstić information content (AvgIpc) is 3.50. The second kappa shape index (κ2) is 10.2. The van der Waals surface area contributed by atoms with Crippen LogP contribution in [0.15, 0.2) is 144 Å². The van der Waals surface area contributed by atoms with Crippen LogP contribution in [0.5, 0.6) is 0 Å². The third kappa shape index (κ3) is 4.46. The van der Waals surface area contributed by atoms with Gasteiger partial charge >= 0.3 is 0 Å². The minimum absolute atomic E-state index is 0.0452. The Hall–Kier alpha value is -4.51. The standard InChI is InChI=1S/C37H29N3S/c1-4-10-25(11-5-1)31-23-32(26-12-6-2-7-13-26)39-36(38-31)29-19-17-24-16-18-27-20-21-33-35(34(27)30(24)22-29)40-37(41-33)28-14-8-3-9-15-28/h1-23,31,36-40H. The summed E-state index contributed by atoms with van der Waals surface area (Å²) in [6, 6.07) is 48.0. The Balaban J connectivity index is 1.22. The van der Waals surface area contributed by atoms with Gasteiger partial charge in [0.2, 0.25) is 0 Å². The Bertz CT molecular complexity index is 1900. The highest BCUT2D eigenvalue weighted by molar-refractivity contribution is 8.00. The lowest BCUT2D eigenvalue weighted by atomic mass is 9.95. The smallest absolute Gasteiger partial charge is 0.104 e. The molecule has 0 saturated carbocycles. The molecule has 2 aliphatic heterocycles. The second-order valence-corrected chi connectivity index (χ2v) is 11.9. The van der Waals surface area contributed by atoms with Crippen LogP contribution in [0.3, 0.4) is 0 Å². The van der Waals surface area contributed by atoms with E-state index in [4.69, 9.17) is 0 Å². The molecule has 0 amide bonds. The molecule has 4 heteroatoms. The van der Waals surface area contributed by atoms with Gasteiger partial charge in [-0.05, 0) is 56.6 Å². The summed E-state index contributed by atoms with van der Waals surface area (Å²) in [4.78, 5) is 1.30. The van der Waals surface area contributed by atoms with Crippen molar-refractivity contribution in [3.05, 3.63) is 162 Å². The summed E-state index contributed by atoms with van der Waals surface area (Å²) in [5, 5.41) is 16.8. The first-order valence-electron chi connectivity index (χ1n) is 14.1. The fourth-order valence-electron chi connectivity index (χ4n) is 6.10. The molecule has 3 unspecified atom stereocenters. The summed E-state index contributed by atoms with van der Waals surface area (Å²) in [7, 11) is 0. The molecule has 0 radical (unpaired) electrons. The number of hydrogen-bond acceptors (Lipinski definition) is 4. The normalized spacial score (nSPS) is 19.8. The van der Waals surface area contributed by atoms with Crippen LogP contribution >= 0.6 is 11.8 Å². The molecule has 198 valence electrons. The van der Waals surface area contributed by atoms with E-state index < -0.39 is 0 Å². The van der Waals surface area contributed by atoms with Gasteiger partial charge in [0, 0.05) is 16.0 Å². The van der Waals surface area contributed by atoms with Gasteiger partial charge in [0.05, 0.1) is 11.7 Å². The third-order valence-corrected chi connectivity index (χ3v) is 9.39. The maximum atomic E-state index is 3.87. The van der Waals surface area contributed by atoms with E-state index >= 15 is 0 Å². The fraction of sp³-hybridized carbons (Fsp3) is 0.0811. The number of nitrogens with one attached hydrogen (secondary N) is 3. The number of benzene rings is 6. The lowest BCUT2D eigenvalue weighted by Crippen LogP contribution is -2.39. The van der Waals surface area contributed by atoms with Gasteiger partial charge in [-0.3, -0.25) is 5.32 Å². The molecule has 6 aromatic carbocycles. The quantitative estimate of drug-likeness (QED) is 0.192. The highest BCUT2D eigenvalue weighted by Crippen LogP contribution is 2.50. The molecule has 3 atom stereocenters. The van der Waals surface area contributed by atoms with Crippen LogP contribution in [-0.2, 0) is 0 Å². The summed E-state index contributed by atoms with van der Waals surface area (Å²) >= 11 is 1.90. The van der Waals surface area contributed by atoms with Gasteiger partial charge in [-0.15, -0.1) is 0 Å². The zero-order valence-electron chi connectivity index (χ0n) is 22.4. The zero-order chi connectivity index (χ0) is 27.2. The third-order valence-electron chi connectivity index (χ3n) is 8.17. The molecule has 0 fully saturated rings. The maximum absolute atomic E-state index is 3.87. The van der Waals surface area contributed by atoms with Crippen LogP contribution in [0.1, 0.15) is 39.8 Å². The molecule has 0 spiro atoms. The molecule has 0 saturated heterocycles. The topological polar surface area (TPSA) is 36.1 Å². The van der Waals surface area contributed by atoms with Crippen molar-refractivity contribution in [2.75, 3.05) is 5.32 Å². The summed E-state index contributed by atoms with van der Waals surface area (Å²) < 4.78 is 0. The van der Waals surface area contributed by atoms with Gasteiger partial charge in [-0.1, -0.05) is 133 Å². The van der Waals surface area contributed by atoms with Crippen LogP contribution in [0, 0.1) is 0 Å². The lowest BCUT2D eigenvalue weighted by molar-refractivity contribution is 0.443. The van der Waals surface area contributed by atoms with E-state index in [9.17, 15) is 0 Å². The molecular formula is C37H29N3S. The summed E-state index contributed by atoms with van der Waals surface area (Å²) in [5.74, 6) is 0. The van der Waals surface area contributed by atoms with E-state index in [-0.39, 0.29) is 17.6 Å². The number of fused-ring (bicyclic) bond motifs is 5. The summed E-state index contributed by atoms with van der Waals surface area (Å²) in [6.45, 7) is 0. The first kappa shape index (κ1) is 24.3. The van der Waals surface area contributed by atoms with Gasteiger partial charge in [-0.2, -0.15) is 0 Å². The van der Waals surface area contributed by atoms with E-state index in [1.807, 2.05) is 11.8 Å². The minimum atomic E-state index is -0.0452. The molecular weight excluding hydrogens is 518 g/mol. The lowest BCUT2D eigenvalue weighted by Gasteiger charge is -2.33. The Labute approximate surface area is 244 Å². The first-order valence-corrected chi connectivity index (χ1v) is 15.0. The van der Waals surface area contributed by atoms with Crippen LogP contribution in [0.2, 0.25) is 0 Å². The fourth-order valence-corrected chi connectivity index (χ4v) is 7.25. The van der Waals surface area contributed by atoms with Crippen LogP contribution in [-0.4, -0.2) is 0 Å². The molecule has 3 N–H and O–H groups in total. The Kier molecular flexibility index (Phi) is 6.02. The first-order chi connectivity index (χ1) is 20.3. The molecule has 6 aromatic rings. The molecule has 2 heterocycles. The van der Waals surface area contributed by atoms with Crippen molar-refractivity contribution >= 4 is 44.7 Å². The molecule has 2 aliphatic rings. The van der Waals surface area contributed by atoms with Crippen molar-refractivity contribution in [1.82, 2.24) is 10.6 Å².